The van der Waals surface area contributed by atoms with E-state index in [4.69, 9.17) is 0 Å². The summed E-state index contributed by atoms with van der Waals surface area (Å²) < 4.78 is 0. The summed E-state index contributed by atoms with van der Waals surface area (Å²) >= 11 is 0. The smallest absolute Gasteiger partial charge is 0.191 e. The Bertz CT molecular complexity index is 448. The summed E-state index contributed by atoms with van der Waals surface area (Å²) in [6, 6.07) is 6.85. The van der Waals surface area contributed by atoms with Crippen LogP contribution in [0.4, 0.5) is 0 Å². The first-order valence-electron chi connectivity index (χ1n) is 8.49. The lowest BCUT2D eigenvalue weighted by Gasteiger charge is -2.18. The standard InChI is InChI=1S/C17H29N5.HI/c1-3-18-17(20-12-10-15-7-5-6-11-19-15)21-13-14-22(4-2)16-8-9-16;/h5-7,11,16H,3-4,8-10,12-14H2,1-2H3,(H2,18,20,21);1H. The molecule has 0 unspecified atom stereocenters. The van der Waals surface area contributed by atoms with Crippen molar-refractivity contribution in [1.29, 1.82) is 0 Å². The third-order valence-corrected chi connectivity index (χ3v) is 3.87. The number of guanidine groups is 1. The molecular weight excluding hydrogens is 401 g/mol. The average molecular weight is 431 g/mol. The summed E-state index contributed by atoms with van der Waals surface area (Å²) in [7, 11) is 0. The van der Waals surface area contributed by atoms with Gasteiger partial charge in [-0.15, -0.1) is 24.0 Å². The molecule has 1 heterocycles. The van der Waals surface area contributed by atoms with Crippen LogP contribution in [0.2, 0.25) is 0 Å². The summed E-state index contributed by atoms with van der Waals surface area (Å²) in [5.41, 5.74) is 1.11. The van der Waals surface area contributed by atoms with E-state index in [1.165, 1.54) is 12.8 Å². The summed E-state index contributed by atoms with van der Waals surface area (Å²) in [6.07, 6.45) is 5.47. The molecule has 1 fully saturated rings. The monoisotopic (exact) mass is 431 g/mol. The largest absolute Gasteiger partial charge is 0.357 e. The van der Waals surface area contributed by atoms with Crippen molar-refractivity contribution in [2.45, 2.75) is 39.2 Å². The fraction of sp³-hybridized carbons (Fsp3) is 0.647. The van der Waals surface area contributed by atoms with Crippen LogP contribution in [0.1, 0.15) is 32.4 Å². The number of likely N-dealkylation sites (N-methyl/N-ethyl adjacent to an activating group) is 1. The molecule has 23 heavy (non-hydrogen) atoms. The van der Waals surface area contributed by atoms with Gasteiger partial charge in [0.1, 0.15) is 0 Å². The zero-order chi connectivity index (χ0) is 15.6. The summed E-state index contributed by atoms with van der Waals surface area (Å²) in [6.45, 7) is 9.10. The zero-order valence-corrected chi connectivity index (χ0v) is 16.6. The molecule has 5 nitrogen and oxygen atoms in total. The van der Waals surface area contributed by atoms with E-state index in [0.717, 1.165) is 56.8 Å². The fourth-order valence-electron chi connectivity index (χ4n) is 2.53. The van der Waals surface area contributed by atoms with Crippen LogP contribution in [0.5, 0.6) is 0 Å². The van der Waals surface area contributed by atoms with Gasteiger partial charge in [-0.2, -0.15) is 0 Å². The summed E-state index contributed by atoms with van der Waals surface area (Å²) in [4.78, 5) is 11.5. The lowest BCUT2D eigenvalue weighted by molar-refractivity contribution is 0.286. The van der Waals surface area contributed by atoms with Crippen LogP contribution >= 0.6 is 24.0 Å². The summed E-state index contributed by atoms with van der Waals surface area (Å²) in [5, 5.41) is 6.69. The van der Waals surface area contributed by atoms with Gasteiger partial charge in [-0.1, -0.05) is 13.0 Å². The SMILES string of the molecule is CCNC(=NCCN(CC)C1CC1)NCCc1ccccn1.I. The van der Waals surface area contributed by atoms with E-state index < -0.39 is 0 Å². The molecular formula is C17H30IN5. The first kappa shape index (κ1) is 20.2. The molecule has 0 aromatic carbocycles. The second-order valence-electron chi connectivity index (χ2n) is 5.62. The van der Waals surface area contributed by atoms with E-state index >= 15 is 0 Å². The van der Waals surface area contributed by atoms with E-state index in [0.29, 0.717) is 0 Å². The lowest BCUT2D eigenvalue weighted by atomic mass is 10.3. The van der Waals surface area contributed by atoms with Gasteiger partial charge < -0.3 is 10.6 Å². The van der Waals surface area contributed by atoms with Crippen LogP contribution in [-0.4, -0.2) is 54.6 Å². The highest BCUT2D eigenvalue weighted by Gasteiger charge is 2.27. The van der Waals surface area contributed by atoms with E-state index in [2.05, 4.69) is 45.4 Å². The van der Waals surface area contributed by atoms with Gasteiger partial charge in [-0.05, 0) is 38.4 Å². The maximum Gasteiger partial charge on any atom is 0.191 e. The van der Waals surface area contributed by atoms with Crippen LogP contribution in [0.3, 0.4) is 0 Å². The number of rotatable bonds is 9. The second-order valence-corrected chi connectivity index (χ2v) is 5.62. The van der Waals surface area contributed by atoms with E-state index in [9.17, 15) is 0 Å². The first-order chi connectivity index (χ1) is 10.8. The van der Waals surface area contributed by atoms with Gasteiger partial charge in [0.25, 0.3) is 0 Å². The normalized spacial score (nSPS) is 14.5. The van der Waals surface area contributed by atoms with E-state index in [1.807, 2.05) is 18.3 Å². The highest BCUT2D eigenvalue weighted by Crippen LogP contribution is 2.25. The van der Waals surface area contributed by atoms with Crippen molar-refractivity contribution in [3.8, 4) is 0 Å². The van der Waals surface area contributed by atoms with Crippen LogP contribution in [0.15, 0.2) is 29.4 Å². The van der Waals surface area contributed by atoms with Gasteiger partial charge in [0, 0.05) is 44.0 Å². The molecule has 1 saturated carbocycles. The molecule has 0 amide bonds. The minimum Gasteiger partial charge on any atom is -0.357 e. The molecule has 0 saturated heterocycles. The van der Waals surface area contributed by atoms with Crippen molar-refractivity contribution >= 4 is 29.9 Å². The Kier molecular flexibility index (Phi) is 10.2. The first-order valence-corrected chi connectivity index (χ1v) is 8.49. The van der Waals surface area contributed by atoms with Crippen molar-refractivity contribution in [3.05, 3.63) is 30.1 Å². The molecule has 2 N–H and O–H groups in total. The molecule has 1 aromatic rings. The van der Waals surface area contributed by atoms with Gasteiger partial charge in [0.15, 0.2) is 5.96 Å². The number of hydrogen-bond donors (Lipinski definition) is 2. The fourth-order valence-corrected chi connectivity index (χ4v) is 2.53. The van der Waals surface area contributed by atoms with E-state index in [-0.39, 0.29) is 24.0 Å². The maximum absolute atomic E-state index is 4.67. The molecule has 1 aliphatic carbocycles. The highest BCUT2D eigenvalue weighted by atomic mass is 127. The van der Waals surface area contributed by atoms with Gasteiger partial charge >= 0.3 is 0 Å². The average Bonchev–Trinajstić information content (AvgIpc) is 3.37. The molecule has 0 atom stereocenters. The Morgan fingerprint density at radius 3 is 2.74 bits per heavy atom. The van der Waals surface area contributed by atoms with Crippen molar-refractivity contribution in [1.82, 2.24) is 20.5 Å². The lowest BCUT2D eigenvalue weighted by Crippen LogP contribution is -2.39. The third kappa shape index (κ3) is 7.97. The van der Waals surface area contributed by atoms with Gasteiger partial charge in [-0.3, -0.25) is 14.9 Å². The van der Waals surface area contributed by atoms with Crippen LogP contribution in [-0.2, 0) is 6.42 Å². The van der Waals surface area contributed by atoms with Crippen molar-refractivity contribution in [3.63, 3.8) is 0 Å². The van der Waals surface area contributed by atoms with Crippen LogP contribution < -0.4 is 10.6 Å². The van der Waals surface area contributed by atoms with Gasteiger partial charge in [0.05, 0.1) is 6.54 Å². The molecule has 0 bridgehead atoms. The van der Waals surface area contributed by atoms with Crippen LogP contribution in [0.25, 0.3) is 0 Å². The van der Waals surface area contributed by atoms with Crippen molar-refractivity contribution < 1.29 is 0 Å². The van der Waals surface area contributed by atoms with Crippen molar-refractivity contribution in [2.75, 3.05) is 32.7 Å². The topological polar surface area (TPSA) is 52.6 Å². The molecule has 2 rings (SSSR count). The minimum atomic E-state index is 0. The molecule has 6 heteroatoms. The molecule has 0 aliphatic heterocycles. The molecule has 1 aliphatic rings. The number of nitrogens with one attached hydrogen (secondary N) is 2. The van der Waals surface area contributed by atoms with Crippen molar-refractivity contribution in [2.24, 2.45) is 4.99 Å². The molecule has 130 valence electrons. The Hall–Kier alpha value is -0.890. The van der Waals surface area contributed by atoms with Gasteiger partial charge in [-0.25, -0.2) is 0 Å². The predicted molar refractivity (Wildman–Crippen MR) is 108 cm³/mol. The van der Waals surface area contributed by atoms with Crippen LogP contribution in [0, 0.1) is 0 Å². The minimum absolute atomic E-state index is 0. The molecule has 0 radical (unpaired) electrons. The summed E-state index contributed by atoms with van der Waals surface area (Å²) in [5.74, 6) is 0.908. The Morgan fingerprint density at radius 2 is 2.13 bits per heavy atom. The maximum atomic E-state index is 4.67. The number of nitrogens with zero attached hydrogens (tertiary/aromatic N) is 3. The Morgan fingerprint density at radius 1 is 1.30 bits per heavy atom. The second kappa shape index (κ2) is 11.6. The quantitative estimate of drug-likeness (QED) is 0.358. The zero-order valence-electron chi connectivity index (χ0n) is 14.3. The predicted octanol–water partition coefficient (Wildman–Crippen LogP) is 2.28. The number of halogens is 1. The van der Waals surface area contributed by atoms with E-state index in [1.54, 1.807) is 0 Å². The number of pyridine rings is 1. The molecule has 0 spiro atoms. The highest BCUT2D eigenvalue weighted by molar-refractivity contribution is 14.0. The number of aromatic nitrogens is 1. The number of aliphatic imine (C=N–C) groups is 1. The Labute approximate surface area is 157 Å². The molecule has 1 aromatic heterocycles. The van der Waals surface area contributed by atoms with Gasteiger partial charge in [0.2, 0.25) is 0 Å². The number of hydrogen-bond acceptors (Lipinski definition) is 3. The Balaban J connectivity index is 0.00000264. The third-order valence-electron chi connectivity index (χ3n) is 3.87.